The molecule has 1 aromatic rings. The van der Waals surface area contributed by atoms with Gasteiger partial charge in [0.15, 0.2) is 0 Å². The molecule has 1 aliphatic rings. The first kappa shape index (κ1) is 15.6. The van der Waals surface area contributed by atoms with Crippen molar-refractivity contribution in [3.05, 3.63) is 35.4 Å². The van der Waals surface area contributed by atoms with Gasteiger partial charge in [-0.3, -0.25) is 0 Å². The van der Waals surface area contributed by atoms with Crippen LogP contribution in [0.4, 0.5) is 0 Å². The van der Waals surface area contributed by atoms with E-state index in [0.29, 0.717) is 0 Å². The molecule has 1 nitrogen and oxygen atoms in total. The summed E-state index contributed by atoms with van der Waals surface area (Å²) in [5, 5.41) is 3.42. The van der Waals surface area contributed by atoms with E-state index in [0.717, 1.165) is 12.0 Å². The maximum atomic E-state index is 3.42. The summed E-state index contributed by atoms with van der Waals surface area (Å²) in [6.45, 7) is 2.26. The smallest absolute Gasteiger partial charge is 0.00642 e. The van der Waals surface area contributed by atoms with Crippen LogP contribution < -0.4 is 5.32 Å². The van der Waals surface area contributed by atoms with Crippen LogP contribution in [0, 0.1) is 5.92 Å². The number of hydrogen-bond donors (Lipinski definition) is 1. The molecule has 0 radical (unpaired) electrons. The fraction of sp³-hybridized carbons (Fsp3) is 0.684. The van der Waals surface area contributed by atoms with E-state index in [1.165, 1.54) is 68.9 Å². The third-order valence-electron chi connectivity index (χ3n) is 4.94. The Morgan fingerprint density at radius 2 is 1.55 bits per heavy atom. The summed E-state index contributed by atoms with van der Waals surface area (Å²) >= 11 is 0. The van der Waals surface area contributed by atoms with Crippen molar-refractivity contribution in [3.8, 4) is 0 Å². The highest BCUT2D eigenvalue weighted by Crippen LogP contribution is 2.27. The lowest BCUT2D eigenvalue weighted by Gasteiger charge is -2.28. The molecule has 1 fully saturated rings. The number of aryl methyl sites for hydroxylation is 2. The summed E-state index contributed by atoms with van der Waals surface area (Å²) in [6.07, 6.45) is 12.1. The largest absolute Gasteiger partial charge is 0.317 e. The SMILES string of the molecule is CCCCc1ccc(CCC2CCC(NC)CC2)cc1. The average molecular weight is 273 g/mol. The molecule has 0 heterocycles. The number of hydrogen-bond acceptors (Lipinski definition) is 1. The van der Waals surface area contributed by atoms with Crippen molar-refractivity contribution < 1.29 is 0 Å². The molecular weight excluding hydrogens is 242 g/mol. The van der Waals surface area contributed by atoms with Gasteiger partial charge in [0.25, 0.3) is 0 Å². The molecule has 112 valence electrons. The van der Waals surface area contributed by atoms with E-state index in [4.69, 9.17) is 0 Å². The third kappa shape index (κ3) is 4.94. The van der Waals surface area contributed by atoms with E-state index in [-0.39, 0.29) is 0 Å². The number of benzene rings is 1. The van der Waals surface area contributed by atoms with Gasteiger partial charge < -0.3 is 5.32 Å². The predicted octanol–water partition coefficient (Wildman–Crippen LogP) is 4.74. The first-order valence-electron chi connectivity index (χ1n) is 8.57. The topological polar surface area (TPSA) is 12.0 Å². The van der Waals surface area contributed by atoms with Gasteiger partial charge in [0, 0.05) is 6.04 Å². The minimum Gasteiger partial charge on any atom is -0.317 e. The molecular formula is C19H31N. The average Bonchev–Trinajstić information content (AvgIpc) is 2.52. The molecule has 0 unspecified atom stereocenters. The highest BCUT2D eigenvalue weighted by Gasteiger charge is 2.19. The van der Waals surface area contributed by atoms with E-state index < -0.39 is 0 Å². The molecule has 20 heavy (non-hydrogen) atoms. The first-order valence-corrected chi connectivity index (χ1v) is 8.57. The van der Waals surface area contributed by atoms with Crippen molar-refractivity contribution in [1.29, 1.82) is 0 Å². The van der Waals surface area contributed by atoms with E-state index in [1.807, 2.05) is 0 Å². The molecule has 0 bridgehead atoms. The van der Waals surface area contributed by atoms with Crippen LogP contribution in [0.1, 0.15) is 63.0 Å². The second-order valence-corrected chi connectivity index (χ2v) is 6.47. The molecule has 1 aromatic carbocycles. The van der Waals surface area contributed by atoms with Gasteiger partial charge >= 0.3 is 0 Å². The van der Waals surface area contributed by atoms with Crippen molar-refractivity contribution in [2.75, 3.05) is 7.05 Å². The lowest BCUT2D eigenvalue weighted by Crippen LogP contribution is -2.30. The van der Waals surface area contributed by atoms with Gasteiger partial charge in [0.05, 0.1) is 0 Å². The normalized spacial score (nSPS) is 22.9. The highest BCUT2D eigenvalue weighted by molar-refractivity contribution is 5.22. The minimum atomic E-state index is 0.782. The van der Waals surface area contributed by atoms with Crippen LogP contribution in [0.15, 0.2) is 24.3 Å². The van der Waals surface area contributed by atoms with Crippen LogP contribution in [-0.4, -0.2) is 13.1 Å². The third-order valence-corrected chi connectivity index (χ3v) is 4.94. The molecule has 1 aliphatic carbocycles. The van der Waals surface area contributed by atoms with Gasteiger partial charge in [-0.1, -0.05) is 37.6 Å². The van der Waals surface area contributed by atoms with Crippen molar-refractivity contribution in [3.63, 3.8) is 0 Å². The monoisotopic (exact) mass is 273 g/mol. The molecule has 1 saturated carbocycles. The molecule has 0 aromatic heterocycles. The highest BCUT2D eigenvalue weighted by atomic mass is 14.9. The zero-order valence-electron chi connectivity index (χ0n) is 13.3. The Morgan fingerprint density at radius 1 is 0.950 bits per heavy atom. The Morgan fingerprint density at radius 3 is 2.10 bits per heavy atom. The molecule has 2 rings (SSSR count). The Hall–Kier alpha value is -0.820. The van der Waals surface area contributed by atoms with E-state index in [1.54, 1.807) is 0 Å². The summed E-state index contributed by atoms with van der Waals surface area (Å²) in [4.78, 5) is 0. The molecule has 1 N–H and O–H groups in total. The summed E-state index contributed by atoms with van der Waals surface area (Å²) in [5.74, 6) is 0.958. The zero-order chi connectivity index (χ0) is 14.2. The Labute approximate surface area is 125 Å². The van der Waals surface area contributed by atoms with Gasteiger partial charge in [-0.15, -0.1) is 0 Å². The Kier molecular flexibility index (Phi) is 6.59. The Bertz CT molecular complexity index is 360. The maximum absolute atomic E-state index is 3.42. The maximum Gasteiger partial charge on any atom is 0.00642 e. The van der Waals surface area contributed by atoms with Crippen LogP contribution in [0.3, 0.4) is 0 Å². The summed E-state index contributed by atoms with van der Waals surface area (Å²) in [5.41, 5.74) is 3.03. The van der Waals surface area contributed by atoms with Crippen LogP contribution in [0.2, 0.25) is 0 Å². The number of nitrogens with one attached hydrogen (secondary N) is 1. The second-order valence-electron chi connectivity index (χ2n) is 6.47. The van der Waals surface area contributed by atoms with Gasteiger partial charge in [-0.05, 0) is 75.5 Å². The van der Waals surface area contributed by atoms with E-state index in [2.05, 4.69) is 43.6 Å². The lowest BCUT2D eigenvalue weighted by molar-refractivity contribution is 0.289. The fourth-order valence-electron chi connectivity index (χ4n) is 3.36. The standard InChI is InChI=1S/C19H31N/c1-3-4-5-16-6-8-17(9-7-16)10-11-18-12-14-19(20-2)15-13-18/h6-9,18-20H,3-5,10-15H2,1-2H3. The van der Waals surface area contributed by atoms with Crippen LogP contribution in [-0.2, 0) is 12.8 Å². The van der Waals surface area contributed by atoms with Gasteiger partial charge in [-0.2, -0.15) is 0 Å². The van der Waals surface area contributed by atoms with Crippen molar-refractivity contribution >= 4 is 0 Å². The molecule has 0 amide bonds. The molecule has 0 atom stereocenters. The van der Waals surface area contributed by atoms with E-state index in [9.17, 15) is 0 Å². The summed E-state index contributed by atoms with van der Waals surface area (Å²) in [6, 6.07) is 10.2. The fourth-order valence-corrected chi connectivity index (χ4v) is 3.36. The zero-order valence-corrected chi connectivity index (χ0v) is 13.3. The number of unbranched alkanes of at least 4 members (excludes halogenated alkanes) is 1. The summed E-state index contributed by atoms with van der Waals surface area (Å²) < 4.78 is 0. The van der Waals surface area contributed by atoms with Crippen LogP contribution >= 0.6 is 0 Å². The molecule has 0 aliphatic heterocycles. The van der Waals surface area contributed by atoms with Crippen molar-refractivity contribution in [2.45, 2.75) is 70.8 Å². The second kappa shape index (κ2) is 8.46. The summed E-state index contributed by atoms with van der Waals surface area (Å²) in [7, 11) is 2.10. The number of rotatable bonds is 7. The van der Waals surface area contributed by atoms with E-state index >= 15 is 0 Å². The van der Waals surface area contributed by atoms with Crippen LogP contribution in [0.5, 0.6) is 0 Å². The first-order chi connectivity index (χ1) is 9.81. The van der Waals surface area contributed by atoms with Crippen molar-refractivity contribution in [2.24, 2.45) is 5.92 Å². The Balaban J connectivity index is 1.71. The van der Waals surface area contributed by atoms with Gasteiger partial charge in [0.2, 0.25) is 0 Å². The molecule has 0 saturated heterocycles. The molecule has 1 heteroatoms. The lowest BCUT2D eigenvalue weighted by atomic mass is 9.83. The minimum absolute atomic E-state index is 0.782. The van der Waals surface area contributed by atoms with Gasteiger partial charge in [-0.25, -0.2) is 0 Å². The van der Waals surface area contributed by atoms with Gasteiger partial charge in [0.1, 0.15) is 0 Å². The van der Waals surface area contributed by atoms with Crippen molar-refractivity contribution in [1.82, 2.24) is 5.32 Å². The van der Waals surface area contributed by atoms with Crippen LogP contribution in [0.25, 0.3) is 0 Å². The molecule has 0 spiro atoms. The quantitative estimate of drug-likeness (QED) is 0.756. The predicted molar refractivity (Wildman–Crippen MR) is 88.2 cm³/mol.